The van der Waals surface area contributed by atoms with Crippen molar-refractivity contribution >= 4 is 0 Å². The van der Waals surface area contributed by atoms with Gasteiger partial charge in [-0.2, -0.15) is 0 Å². The van der Waals surface area contributed by atoms with Crippen LogP contribution < -0.4 is 0 Å². The summed E-state index contributed by atoms with van der Waals surface area (Å²) < 4.78 is 12.9. The van der Waals surface area contributed by atoms with Crippen molar-refractivity contribution < 1.29 is 4.39 Å². The maximum atomic E-state index is 12.9. The summed E-state index contributed by atoms with van der Waals surface area (Å²) in [5.41, 5.74) is 6.38. The Balaban J connectivity index is 1.97. The van der Waals surface area contributed by atoms with Crippen LogP contribution in [-0.2, 0) is 6.42 Å². The van der Waals surface area contributed by atoms with Crippen LogP contribution in [0.25, 0.3) is 11.1 Å². The van der Waals surface area contributed by atoms with Gasteiger partial charge in [-0.25, -0.2) is 4.39 Å². The zero-order valence-corrected chi connectivity index (χ0v) is 11.8. The van der Waals surface area contributed by atoms with Crippen LogP contribution in [0.2, 0.25) is 0 Å². The Morgan fingerprint density at radius 3 is 2.30 bits per heavy atom. The summed E-state index contributed by atoms with van der Waals surface area (Å²) in [7, 11) is 0. The average Bonchev–Trinajstić information content (AvgIpc) is 2.52. The van der Waals surface area contributed by atoms with E-state index in [1.807, 2.05) is 18.2 Å². The second-order valence-corrected chi connectivity index (χ2v) is 4.71. The molecule has 0 spiro atoms. The monoisotopic (exact) mass is 266 g/mol. The molecule has 0 aliphatic rings. The lowest BCUT2D eigenvalue weighted by Gasteiger charge is -2.03. The highest BCUT2D eigenvalue weighted by molar-refractivity contribution is 5.63. The quantitative estimate of drug-likeness (QED) is 0.608. The predicted octanol–water partition coefficient (Wildman–Crippen LogP) is 5.70. The highest BCUT2D eigenvalue weighted by Crippen LogP contribution is 2.19. The Morgan fingerprint density at radius 1 is 1.00 bits per heavy atom. The highest BCUT2D eigenvalue weighted by atomic mass is 19.1. The second-order valence-electron chi connectivity index (χ2n) is 4.71. The molecule has 2 aromatic rings. The maximum absolute atomic E-state index is 12.9. The van der Waals surface area contributed by atoms with E-state index in [4.69, 9.17) is 0 Å². The van der Waals surface area contributed by atoms with Crippen molar-refractivity contribution in [1.29, 1.82) is 0 Å². The number of halogens is 1. The fourth-order valence-corrected chi connectivity index (χ4v) is 2.02. The maximum Gasteiger partial charge on any atom is 0.141 e. The molecule has 0 aliphatic heterocycles. The van der Waals surface area contributed by atoms with E-state index in [0.29, 0.717) is 6.42 Å². The van der Waals surface area contributed by atoms with Crippen LogP contribution in [0.4, 0.5) is 4.39 Å². The van der Waals surface area contributed by atoms with E-state index >= 15 is 0 Å². The largest absolute Gasteiger partial charge is 0.203 e. The molecule has 0 fully saturated rings. The first-order valence-corrected chi connectivity index (χ1v) is 7.03. The fourth-order valence-electron chi connectivity index (χ4n) is 2.02. The SMILES string of the molecule is CCC(F)=C=CCCc1ccc(-c2ccccc2)cc1. The minimum Gasteiger partial charge on any atom is -0.203 e. The van der Waals surface area contributed by atoms with Gasteiger partial charge in [0.15, 0.2) is 0 Å². The van der Waals surface area contributed by atoms with E-state index in [1.54, 1.807) is 13.0 Å². The third-order valence-electron chi connectivity index (χ3n) is 3.21. The van der Waals surface area contributed by atoms with Gasteiger partial charge in [-0.3, -0.25) is 0 Å². The van der Waals surface area contributed by atoms with Gasteiger partial charge in [-0.1, -0.05) is 67.3 Å². The standard InChI is InChI=1S/C19H19F/c1-2-19(20)11-7-6-8-16-12-14-18(15-13-16)17-9-4-3-5-10-17/h3-5,7,9-10,12-15H,2,6,8H2,1H3. The normalized spacial score (nSPS) is 9.90. The number of benzene rings is 2. The molecular weight excluding hydrogens is 247 g/mol. The smallest absolute Gasteiger partial charge is 0.141 e. The number of hydrogen-bond donors (Lipinski definition) is 0. The molecule has 0 unspecified atom stereocenters. The average molecular weight is 266 g/mol. The molecule has 0 saturated heterocycles. The summed E-state index contributed by atoms with van der Waals surface area (Å²) in [5.74, 6) is -0.176. The minimum absolute atomic E-state index is 0.176. The number of hydrogen-bond acceptors (Lipinski definition) is 0. The Labute approximate surface area is 120 Å². The van der Waals surface area contributed by atoms with Crippen molar-refractivity contribution in [1.82, 2.24) is 0 Å². The summed E-state index contributed by atoms with van der Waals surface area (Å²) >= 11 is 0. The molecule has 0 radical (unpaired) electrons. The van der Waals surface area contributed by atoms with Crippen molar-refractivity contribution in [2.24, 2.45) is 0 Å². The molecule has 0 bridgehead atoms. The topological polar surface area (TPSA) is 0 Å². The third kappa shape index (κ3) is 4.22. The summed E-state index contributed by atoms with van der Waals surface area (Å²) in [6.45, 7) is 1.79. The van der Waals surface area contributed by atoms with Crippen LogP contribution in [0.1, 0.15) is 25.3 Å². The molecule has 0 aliphatic carbocycles. The van der Waals surface area contributed by atoms with Gasteiger partial charge in [-0.05, 0) is 35.6 Å². The van der Waals surface area contributed by atoms with E-state index in [1.165, 1.54) is 16.7 Å². The second kappa shape index (κ2) is 7.47. The summed E-state index contributed by atoms with van der Waals surface area (Å²) in [6, 6.07) is 18.9. The molecule has 0 nitrogen and oxygen atoms in total. The minimum atomic E-state index is -0.176. The van der Waals surface area contributed by atoms with Gasteiger partial charge in [0, 0.05) is 6.42 Å². The van der Waals surface area contributed by atoms with Gasteiger partial charge >= 0.3 is 0 Å². The van der Waals surface area contributed by atoms with E-state index in [-0.39, 0.29) is 5.83 Å². The molecule has 20 heavy (non-hydrogen) atoms. The van der Waals surface area contributed by atoms with Crippen LogP contribution >= 0.6 is 0 Å². The molecule has 0 N–H and O–H groups in total. The molecule has 0 aromatic heterocycles. The summed E-state index contributed by atoms with van der Waals surface area (Å²) in [5, 5.41) is 0. The van der Waals surface area contributed by atoms with Crippen molar-refractivity contribution in [2.45, 2.75) is 26.2 Å². The lowest BCUT2D eigenvalue weighted by Crippen LogP contribution is -1.84. The molecule has 0 amide bonds. The van der Waals surface area contributed by atoms with Gasteiger partial charge < -0.3 is 0 Å². The highest BCUT2D eigenvalue weighted by Gasteiger charge is 1.97. The lowest BCUT2D eigenvalue weighted by atomic mass is 10.0. The van der Waals surface area contributed by atoms with Crippen LogP contribution in [0, 0.1) is 0 Å². The fraction of sp³-hybridized carbons (Fsp3) is 0.211. The van der Waals surface area contributed by atoms with Crippen LogP contribution in [0.15, 0.2) is 72.2 Å². The van der Waals surface area contributed by atoms with Gasteiger partial charge in [0.1, 0.15) is 5.83 Å². The van der Waals surface area contributed by atoms with Crippen LogP contribution in [0.3, 0.4) is 0 Å². The van der Waals surface area contributed by atoms with Gasteiger partial charge in [0.05, 0.1) is 0 Å². The molecule has 1 heteroatoms. The van der Waals surface area contributed by atoms with Gasteiger partial charge in [0.2, 0.25) is 0 Å². The first-order chi connectivity index (χ1) is 9.79. The van der Waals surface area contributed by atoms with Gasteiger partial charge in [-0.15, -0.1) is 0 Å². The molecular formula is C19H19F. The lowest BCUT2D eigenvalue weighted by molar-refractivity contribution is 0.606. The Morgan fingerprint density at radius 2 is 1.65 bits per heavy atom. The summed E-state index contributed by atoms with van der Waals surface area (Å²) in [4.78, 5) is 0. The predicted molar refractivity (Wildman–Crippen MR) is 83.2 cm³/mol. The van der Waals surface area contributed by atoms with E-state index < -0.39 is 0 Å². The van der Waals surface area contributed by atoms with Crippen molar-refractivity contribution in [3.63, 3.8) is 0 Å². The van der Waals surface area contributed by atoms with Crippen molar-refractivity contribution in [3.8, 4) is 11.1 Å². The number of allylic oxidation sites excluding steroid dienone is 1. The van der Waals surface area contributed by atoms with Crippen LogP contribution in [0.5, 0.6) is 0 Å². The van der Waals surface area contributed by atoms with E-state index in [0.717, 1.165) is 12.8 Å². The molecule has 0 atom stereocenters. The zero-order chi connectivity index (χ0) is 14.2. The number of rotatable bonds is 5. The number of aryl methyl sites for hydroxylation is 1. The summed E-state index contributed by atoms with van der Waals surface area (Å²) in [6.07, 6.45) is 3.93. The first kappa shape index (κ1) is 14.3. The molecule has 0 heterocycles. The molecule has 102 valence electrons. The van der Waals surface area contributed by atoms with Gasteiger partial charge in [0.25, 0.3) is 0 Å². The molecule has 0 saturated carbocycles. The Bertz CT molecular complexity index is 587. The Kier molecular flexibility index (Phi) is 5.34. The molecule has 2 rings (SSSR count). The van der Waals surface area contributed by atoms with E-state index in [9.17, 15) is 4.39 Å². The Hall–Kier alpha value is -2.11. The van der Waals surface area contributed by atoms with Crippen molar-refractivity contribution in [3.05, 3.63) is 77.8 Å². The molecule has 2 aromatic carbocycles. The van der Waals surface area contributed by atoms with Crippen molar-refractivity contribution in [2.75, 3.05) is 0 Å². The van der Waals surface area contributed by atoms with E-state index in [2.05, 4.69) is 42.1 Å². The third-order valence-corrected chi connectivity index (χ3v) is 3.21. The van der Waals surface area contributed by atoms with Crippen LogP contribution in [-0.4, -0.2) is 0 Å². The zero-order valence-electron chi connectivity index (χ0n) is 11.8. The first-order valence-electron chi connectivity index (χ1n) is 7.03.